The highest BCUT2D eigenvalue weighted by molar-refractivity contribution is 7.12. The van der Waals surface area contributed by atoms with Crippen LogP contribution in [-0.2, 0) is 6.42 Å². The summed E-state index contributed by atoms with van der Waals surface area (Å²) in [5.74, 6) is 0.825. The van der Waals surface area contributed by atoms with Gasteiger partial charge in [-0.1, -0.05) is 20.3 Å². The largest absolute Gasteiger partial charge is 0.145 e. The molecule has 0 aliphatic rings. The molecule has 1 heteroatoms. The fourth-order valence-corrected chi connectivity index (χ4v) is 2.73. The Morgan fingerprint density at radius 2 is 1.77 bits per heavy atom. The monoisotopic (exact) mass is 196 g/mol. The predicted octanol–water partition coefficient (Wildman–Crippen LogP) is 4.26. The van der Waals surface area contributed by atoms with Gasteiger partial charge in [0.25, 0.3) is 0 Å². The summed E-state index contributed by atoms with van der Waals surface area (Å²) in [5, 5.41) is 0. The number of aryl methyl sites for hydroxylation is 2. The van der Waals surface area contributed by atoms with Gasteiger partial charge in [0.1, 0.15) is 0 Å². The van der Waals surface area contributed by atoms with Crippen LogP contribution in [0.15, 0.2) is 0 Å². The molecule has 0 radical (unpaired) electrons. The molecule has 0 spiro atoms. The second-order valence-corrected chi connectivity index (χ2v) is 5.46. The lowest BCUT2D eigenvalue weighted by molar-refractivity contribution is 0.558. The first-order valence-electron chi connectivity index (χ1n) is 5.11. The van der Waals surface area contributed by atoms with Crippen LogP contribution in [0.4, 0.5) is 0 Å². The third kappa shape index (κ3) is 2.34. The van der Waals surface area contributed by atoms with E-state index in [-0.39, 0.29) is 0 Å². The number of hydrogen-bond donors (Lipinski definition) is 0. The number of hydrogen-bond acceptors (Lipinski definition) is 1. The van der Waals surface area contributed by atoms with Crippen LogP contribution in [-0.4, -0.2) is 0 Å². The molecule has 1 atom stereocenters. The zero-order valence-corrected chi connectivity index (χ0v) is 10.2. The highest BCUT2D eigenvalue weighted by Gasteiger charge is 2.11. The summed E-state index contributed by atoms with van der Waals surface area (Å²) in [7, 11) is 0. The van der Waals surface area contributed by atoms with E-state index in [0.29, 0.717) is 0 Å². The highest BCUT2D eigenvalue weighted by atomic mass is 32.1. The summed E-state index contributed by atoms with van der Waals surface area (Å²) in [6.45, 7) is 11.4. The Bertz CT molecular complexity index is 284. The second-order valence-electron chi connectivity index (χ2n) is 4.04. The third-order valence-corrected chi connectivity index (χ3v) is 4.13. The molecule has 0 saturated carbocycles. The molecule has 0 nitrogen and oxygen atoms in total. The minimum atomic E-state index is 0.825. The van der Waals surface area contributed by atoms with E-state index in [1.807, 2.05) is 11.3 Å². The molecule has 0 bridgehead atoms. The van der Waals surface area contributed by atoms with Crippen LogP contribution < -0.4 is 0 Å². The molecule has 0 fully saturated rings. The molecule has 0 aromatic carbocycles. The van der Waals surface area contributed by atoms with Gasteiger partial charge in [0.05, 0.1) is 0 Å². The van der Waals surface area contributed by atoms with E-state index >= 15 is 0 Å². The Labute approximate surface area is 86.0 Å². The van der Waals surface area contributed by atoms with Crippen molar-refractivity contribution in [3.05, 3.63) is 20.9 Å². The molecule has 1 rings (SSSR count). The van der Waals surface area contributed by atoms with Crippen molar-refractivity contribution in [3.63, 3.8) is 0 Å². The van der Waals surface area contributed by atoms with Crippen molar-refractivity contribution in [2.24, 2.45) is 5.92 Å². The van der Waals surface area contributed by atoms with E-state index in [2.05, 4.69) is 34.6 Å². The maximum absolute atomic E-state index is 2.34. The molecule has 1 aromatic rings. The van der Waals surface area contributed by atoms with Gasteiger partial charge in [-0.05, 0) is 44.2 Å². The Hall–Kier alpha value is -0.300. The first-order valence-corrected chi connectivity index (χ1v) is 5.93. The van der Waals surface area contributed by atoms with Crippen LogP contribution in [0.1, 0.15) is 41.1 Å². The molecule has 1 unspecified atom stereocenters. The minimum Gasteiger partial charge on any atom is -0.145 e. The average Bonchev–Trinajstić information content (AvgIpc) is 2.32. The van der Waals surface area contributed by atoms with E-state index in [4.69, 9.17) is 0 Å². The van der Waals surface area contributed by atoms with Crippen molar-refractivity contribution in [2.75, 3.05) is 0 Å². The summed E-state index contributed by atoms with van der Waals surface area (Å²) in [4.78, 5) is 3.02. The first-order chi connectivity index (χ1) is 6.06. The van der Waals surface area contributed by atoms with Gasteiger partial charge in [-0.25, -0.2) is 0 Å². The quantitative estimate of drug-likeness (QED) is 0.677. The summed E-state index contributed by atoms with van der Waals surface area (Å²) in [6.07, 6.45) is 2.55. The van der Waals surface area contributed by atoms with Gasteiger partial charge >= 0.3 is 0 Å². The zero-order chi connectivity index (χ0) is 10.0. The Morgan fingerprint density at radius 1 is 1.15 bits per heavy atom. The molecular weight excluding hydrogens is 176 g/mol. The lowest BCUT2D eigenvalue weighted by atomic mass is 9.96. The van der Waals surface area contributed by atoms with Crippen molar-refractivity contribution < 1.29 is 0 Å². The fraction of sp³-hybridized carbons (Fsp3) is 0.667. The van der Waals surface area contributed by atoms with Crippen molar-refractivity contribution >= 4 is 11.3 Å². The molecule has 0 aliphatic heterocycles. The SMILES string of the molecule is CCC(C)Cc1c(C)sc(C)c1C. The smallest absolute Gasteiger partial charge is 0.00518 e. The molecule has 0 amide bonds. The van der Waals surface area contributed by atoms with Gasteiger partial charge in [-0.2, -0.15) is 0 Å². The van der Waals surface area contributed by atoms with Gasteiger partial charge in [-0.15, -0.1) is 11.3 Å². The molecule has 13 heavy (non-hydrogen) atoms. The van der Waals surface area contributed by atoms with Crippen LogP contribution >= 0.6 is 11.3 Å². The van der Waals surface area contributed by atoms with Crippen molar-refractivity contribution in [3.8, 4) is 0 Å². The number of rotatable bonds is 3. The molecule has 74 valence electrons. The maximum Gasteiger partial charge on any atom is 0.00518 e. The Morgan fingerprint density at radius 3 is 2.15 bits per heavy atom. The summed E-state index contributed by atoms with van der Waals surface area (Å²) in [5.41, 5.74) is 3.14. The topological polar surface area (TPSA) is 0 Å². The standard InChI is InChI=1S/C12H20S/c1-6-8(2)7-12-9(3)10(4)13-11(12)5/h8H,6-7H2,1-5H3. The molecule has 0 aliphatic carbocycles. The van der Waals surface area contributed by atoms with Crippen LogP contribution in [0.5, 0.6) is 0 Å². The van der Waals surface area contributed by atoms with Crippen LogP contribution in [0.3, 0.4) is 0 Å². The summed E-state index contributed by atoms with van der Waals surface area (Å²) < 4.78 is 0. The van der Waals surface area contributed by atoms with E-state index < -0.39 is 0 Å². The van der Waals surface area contributed by atoms with Gasteiger partial charge in [0.15, 0.2) is 0 Å². The summed E-state index contributed by atoms with van der Waals surface area (Å²) in [6, 6.07) is 0. The fourth-order valence-electron chi connectivity index (χ4n) is 1.63. The van der Waals surface area contributed by atoms with Gasteiger partial charge in [0, 0.05) is 9.75 Å². The normalized spacial score (nSPS) is 13.3. The van der Waals surface area contributed by atoms with Gasteiger partial charge < -0.3 is 0 Å². The molecule has 0 N–H and O–H groups in total. The van der Waals surface area contributed by atoms with E-state index in [1.165, 1.54) is 28.2 Å². The lowest BCUT2D eigenvalue weighted by Crippen LogP contribution is -1.99. The van der Waals surface area contributed by atoms with E-state index in [9.17, 15) is 0 Å². The van der Waals surface area contributed by atoms with Crippen molar-refractivity contribution in [1.29, 1.82) is 0 Å². The van der Waals surface area contributed by atoms with Crippen molar-refractivity contribution in [1.82, 2.24) is 0 Å². The lowest BCUT2D eigenvalue weighted by Gasteiger charge is -2.09. The Balaban J connectivity index is 2.87. The maximum atomic E-state index is 2.34. The van der Waals surface area contributed by atoms with Gasteiger partial charge in [0.2, 0.25) is 0 Å². The van der Waals surface area contributed by atoms with Crippen LogP contribution in [0, 0.1) is 26.7 Å². The van der Waals surface area contributed by atoms with E-state index in [1.54, 1.807) is 5.56 Å². The second kappa shape index (κ2) is 4.28. The van der Waals surface area contributed by atoms with Gasteiger partial charge in [-0.3, -0.25) is 0 Å². The van der Waals surface area contributed by atoms with Crippen molar-refractivity contribution in [2.45, 2.75) is 47.5 Å². The minimum absolute atomic E-state index is 0.825. The van der Waals surface area contributed by atoms with Crippen LogP contribution in [0.25, 0.3) is 0 Å². The predicted molar refractivity (Wildman–Crippen MR) is 61.7 cm³/mol. The average molecular weight is 196 g/mol. The Kier molecular flexibility index (Phi) is 3.55. The number of thiophene rings is 1. The molecular formula is C12H20S. The van der Waals surface area contributed by atoms with E-state index in [0.717, 1.165) is 5.92 Å². The molecule has 1 aromatic heterocycles. The molecule has 1 heterocycles. The molecule has 0 saturated heterocycles. The highest BCUT2D eigenvalue weighted by Crippen LogP contribution is 2.28. The summed E-state index contributed by atoms with van der Waals surface area (Å²) >= 11 is 1.95. The van der Waals surface area contributed by atoms with Crippen LogP contribution in [0.2, 0.25) is 0 Å². The zero-order valence-electron chi connectivity index (χ0n) is 9.40. The third-order valence-electron chi connectivity index (χ3n) is 2.96. The first kappa shape index (κ1) is 10.8.